The van der Waals surface area contributed by atoms with E-state index < -0.39 is 9.05 Å². The van der Waals surface area contributed by atoms with Crippen molar-refractivity contribution >= 4 is 31.3 Å². The summed E-state index contributed by atoms with van der Waals surface area (Å²) < 4.78 is 27.3. The van der Waals surface area contributed by atoms with Gasteiger partial charge in [0.25, 0.3) is 0 Å². The molecule has 0 atom stereocenters. The fourth-order valence-corrected chi connectivity index (χ4v) is 2.46. The minimum Gasteiger partial charge on any atom is -0.488 e. The Kier molecular flexibility index (Phi) is 4.86. The van der Waals surface area contributed by atoms with Gasteiger partial charge in [0.05, 0.1) is 10.8 Å². The Morgan fingerprint density at radius 3 is 2.65 bits per heavy atom. The lowest BCUT2D eigenvalue weighted by molar-refractivity contribution is 0.352. The van der Waals surface area contributed by atoms with Gasteiger partial charge < -0.3 is 4.74 Å². The van der Waals surface area contributed by atoms with Gasteiger partial charge >= 0.3 is 0 Å². The van der Waals surface area contributed by atoms with Gasteiger partial charge in [-0.25, -0.2) is 8.42 Å². The average Bonchev–Trinajstić information content (AvgIpc) is 2.17. The SMILES string of the molecule is C=C(C)COc1cccc(CS(=O)(=O)Cl)c1Cl. The Balaban J connectivity index is 2.95. The first kappa shape index (κ1) is 14.4. The van der Waals surface area contributed by atoms with E-state index in [9.17, 15) is 8.42 Å². The lowest BCUT2D eigenvalue weighted by Crippen LogP contribution is -2.01. The van der Waals surface area contributed by atoms with Crippen LogP contribution in [0.2, 0.25) is 5.02 Å². The smallest absolute Gasteiger partial charge is 0.236 e. The molecule has 17 heavy (non-hydrogen) atoms. The molecule has 0 fully saturated rings. The van der Waals surface area contributed by atoms with Crippen LogP contribution in [0.3, 0.4) is 0 Å². The molecule has 0 N–H and O–H groups in total. The minimum atomic E-state index is -3.63. The van der Waals surface area contributed by atoms with E-state index in [1.165, 1.54) is 0 Å². The quantitative estimate of drug-likeness (QED) is 0.618. The Morgan fingerprint density at radius 2 is 2.12 bits per heavy atom. The molecule has 0 bridgehead atoms. The van der Waals surface area contributed by atoms with Crippen LogP contribution in [0.1, 0.15) is 12.5 Å². The predicted octanol–water partition coefficient (Wildman–Crippen LogP) is 3.36. The lowest BCUT2D eigenvalue weighted by atomic mass is 10.2. The maximum absolute atomic E-state index is 11.0. The fourth-order valence-electron chi connectivity index (χ4n) is 1.17. The number of halogens is 2. The molecule has 94 valence electrons. The monoisotopic (exact) mass is 294 g/mol. The summed E-state index contributed by atoms with van der Waals surface area (Å²) in [7, 11) is 1.55. The summed E-state index contributed by atoms with van der Waals surface area (Å²) in [4.78, 5) is 0. The van der Waals surface area contributed by atoms with Crippen molar-refractivity contribution in [3.8, 4) is 5.75 Å². The van der Waals surface area contributed by atoms with Crippen LogP contribution in [0.4, 0.5) is 0 Å². The summed E-state index contributed by atoms with van der Waals surface area (Å²) in [6.45, 7) is 5.85. The Labute approximate surface area is 110 Å². The first-order valence-electron chi connectivity index (χ1n) is 4.76. The maximum atomic E-state index is 11.0. The molecule has 1 aromatic rings. The summed E-state index contributed by atoms with van der Waals surface area (Å²) in [5.41, 5.74) is 1.26. The highest BCUT2D eigenvalue weighted by atomic mass is 35.7. The van der Waals surface area contributed by atoms with Gasteiger partial charge in [0.2, 0.25) is 9.05 Å². The molecule has 0 saturated carbocycles. The van der Waals surface area contributed by atoms with E-state index in [2.05, 4.69) is 6.58 Å². The average molecular weight is 295 g/mol. The van der Waals surface area contributed by atoms with Gasteiger partial charge in [-0.3, -0.25) is 0 Å². The number of ether oxygens (including phenoxy) is 1. The van der Waals surface area contributed by atoms with Gasteiger partial charge in [-0.1, -0.05) is 30.3 Å². The maximum Gasteiger partial charge on any atom is 0.236 e. The third-order valence-corrected chi connectivity index (χ3v) is 3.26. The van der Waals surface area contributed by atoms with Crippen molar-refractivity contribution in [3.05, 3.63) is 40.9 Å². The molecule has 0 saturated heterocycles. The minimum absolute atomic E-state index is 0.262. The van der Waals surface area contributed by atoms with Crippen molar-refractivity contribution in [2.45, 2.75) is 12.7 Å². The second kappa shape index (κ2) is 5.76. The van der Waals surface area contributed by atoms with E-state index in [-0.39, 0.29) is 10.8 Å². The molecule has 6 heteroatoms. The molecular formula is C11H12Cl2O3S. The molecular weight excluding hydrogens is 283 g/mol. The molecule has 0 heterocycles. The van der Waals surface area contributed by atoms with Crippen LogP contribution in [0.25, 0.3) is 0 Å². The van der Waals surface area contributed by atoms with Gasteiger partial charge in [-0.15, -0.1) is 0 Å². The van der Waals surface area contributed by atoms with E-state index in [4.69, 9.17) is 27.0 Å². The summed E-state index contributed by atoms with van der Waals surface area (Å²) in [6.07, 6.45) is 0. The molecule has 1 rings (SSSR count). The number of benzene rings is 1. The van der Waals surface area contributed by atoms with Crippen LogP contribution in [0, 0.1) is 0 Å². The first-order chi connectivity index (χ1) is 7.79. The van der Waals surface area contributed by atoms with Crippen LogP contribution < -0.4 is 4.74 Å². The van der Waals surface area contributed by atoms with Crippen LogP contribution >= 0.6 is 22.3 Å². The zero-order valence-electron chi connectivity index (χ0n) is 9.24. The Morgan fingerprint density at radius 1 is 1.47 bits per heavy atom. The summed E-state index contributed by atoms with van der Waals surface area (Å²) in [5.74, 6) is 0.102. The molecule has 3 nitrogen and oxygen atoms in total. The number of hydrogen-bond donors (Lipinski definition) is 0. The summed E-state index contributed by atoms with van der Waals surface area (Å²) in [6, 6.07) is 4.92. The van der Waals surface area contributed by atoms with Crippen molar-refractivity contribution in [2.75, 3.05) is 6.61 Å². The molecule has 0 aliphatic rings. The third-order valence-electron chi connectivity index (χ3n) is 1.85. The van der Waals surface area contributed by atoms with Crippen molar-refractivity contribution < 1.29 is 13.2 Å². The zero-order chi connectivity index (χ0) is 13.1. The second-order valence-corrected chi connectivity index (χ2v) is 6.81. The normalized spacial score (nSPS) is 11.2. The van der Waals surface area contributed by atoms with E-state index in [0.29, 0.717) is 17.9 Å². The largest absolute Gasteiger partial charge is 0.488 e. The van der Waals surface area contributed by atoms with Gasteiger partial charge in [0.15, 0.2) is 0 Å². The number of rotatable bonds is 5. The molecule has 0 amide bonds. The van der Waals surface area contributed by atoms with Gasteiger partial charge in [0.1, 0.15) is 12.4 Å². The van der Waals surface area contributed by atoms with Gasteiger partial charge in [0, 0.05) is 10.7 Å². The summed E-state index contributed by atoms with van der Waals surface area (Å²) >= 11 is 6.02. The lowest BCUT2D eigenvalue weighted by Gasteiger charge is -2.10. The van der Waals surface area contributed by atoms with Crippen LogP contribution in [-0.4, -0.2) is 15.0 Å². The molecule has 1 aromatic carbocycles. The van der Waals surface area contributed by atoms with Gasteiger partial charge in [-0.2, -0.15) is 0 Å². The number of hydrogen-bond acceptors (Lipinski definition) is 3. The van der Waals surface area contributed by atoms with Crippen molar-refractivity contribution in [1.29, 1.82) is 0 Å². The standard InChI is InChI=1S/C11H12Cl2O3S/c1-8(2)6-16-10-5-3-4-9(11(10)12)7-17(13,14)15/h3-5H,1,6-7H2,2H3. The molecule has 0 unspecified atom stereocenters. The van der Waals surface area contributed by atoms with E-state index in [0.717, 1.165) is 5.57 Å². The highest BCUT2D eigenvalue weighted by Crippen LogP contribution is 2.30. The predicted molar refractivity (Wildman–Crippen MR) is 70.2 cm³/mol. The van der Waals surface area contributed by atoms with Crippen LogP contribution in [0.15, 0.2) is 30.4 Å². The highest BCUT2D eigenvalue weighted by Gasteiger charge is 2.13. The first-order valence-corrected chi connectivity index (χ1v) is 7.62. The zero-order valence-corrected chi connectivity index (χ0v) is 11.6. The molecule has 0 aromatic heterocycles. The van der Waals surface area contributed by atoms with E-state index in [1.807, 2.05) is 6.92 Å². The van der Waals surface area contributed by atoms with E-state index in [1.54, 1.807) is 18.2 Å². The van der Waals surface area contributed by atoms with Crippen molar-refractivity contribution in [1.82, 2.24) is 0 Å². The molecule has 0 spiro atoms. The fraction of sp³-hybridized carbons (Fsp3) is 0.273. The molecule has 0 radical (unpaired) electrons. The van der Waals surface area contributed by atoms with Crippen LogP contribution in [0.5, 0.6) is 5.75 Å². The third kappa shape index (κ3) is 4.98. The van der Waals surface area contributed by atoms with Gasteiger partial charge in [-0.05, 0) is 24.1 Å². The van der Waals surface area contributed by atoms with Crippen LogP contribution in [-0.2, 0) is 14.8 Å². The molecule has 0 aliphatic carbocycles. The molecule has 0 aliphatic heterocycles. The van der Waals surface area contributed by atoms with Crippen molar-refractivity contribution in [3.63, 3.8) is 0 Å². The Hall–Kier alpha value is -0.710. The summed E-state index contributed by atoms with van der Waals surface area (Å²) in [5, 5.41) is 0.262. The van der Waals surface area contributed by atoms with Crippen molar-refractivity contribution in [2.24, 2.45) is 0 Å². The Bertz CT molecular complexity index is 524. The highest BCUT2D eigenvalue weighted by molar-refractivity contribution is 8.13. The van der Waals surface area contributed by atoms with E-state index >= 15 is 0 Å². The topological polar surface area (TPSA) is 43.4 Å². The second-order valence-electron chi connectivity index (χ2n) is 3.66.